The van der Waals surface area contributed by atoms with E-state index in [1.165, 1.54) is 14.2 Å². The third-order valence-corrected chi connectivity index (χ3v) is 5.11. The van der Waals surface area contributed by atoms with Crippen molar-refractivity contribution in [2.24, 2.45) is 0 Å². The summed E-state index contributed by atoms with van der Waals surface area (Å²) in [5.74, 6) is 0.137. The monoisotopic (exact) mass is 380 g/mol. The molecule has 2 saturated heterocycles. The van der Waals surface area contributed by atoms with E-state index in [1.54, 1.807) is 18.2 Å². The van der Waals surface area contributed by atoms with Gasteiger partial charge in [-0.3, -0.25) is 19.4 Å². The Bertz CT molecular complexity index is 746. The number of ether oxygens (including phenoxy) is 1. The normalized spacial score (nSPS) is 19.6. The topological polar surface area (TPSA) is 91.0 Å². The molecule has 140 valence electrons. The number of rotatable bonds is 4. The van der Waals surface area contributed by atoms with Crippen molar-refractivity contribution in [3.05, 3.63) is 23.2 Å². The van der Waals surface area contributed by atoms with Gasteiger partial charge in [0.15, 0.2) is 0 Å². The van der Waals surface area contributed by atoms with Gasteiger partial charge in [0.2, 0.25) is 5.91 Å². The standard InChI is InChI=1S/C17H21ClN4O4/c1-21-15(24)17(20-16(21)25)5-7-22(8-6-17)10-14(23)19-12-9-11(18)3-4-13(12)26-2/h3-4,9H,5-8,10H2,1-2H3,(H,19,23)(H,20,25). The third-order valence-electron chi connectivity index (χ3n) is 4.88. The van der Waals surface area contributed by atoms with Crippen LogP contribution in [0.4, 0.5) is 10.5 Å². The van der Waals surface area contributed by atoms with Crippen LogP contribution >= 0.6 is 11.6 Å². The number of nitrogens with zero attached hydrogens (tertiary/aromatic N) is 2. The number of urea groups is 1. The van der Waals surface area contributed by atoms with Crippen molar-refractivity contribution in [3.63, 3.8) is 0 Å². The molecule has 0 aromatic heterocycles. The average Bonchev–Trinajstić information content (AvgIpc) is 2.81. The van der Waals surface area contributed by atoms with Gasteiger partial charge in [0.25, 0.3) is 5.91 Å². The van der Waals surface area contributed by atoms with Crippen molar-refractivity contribution < 1.29 is 19.1 Å². The Morgan fingerprint density at radius 3 is 2.62 bits per heavy atom. The number of likely N-dealkylation sites (tertiary alicyclic amines) is 1. The van der Waals surface area contributed by atoms with Gasteiger partial charge in [-0.2, -0.15) is 0 Å². The molecule has 8 nitrogen and oxygen atoms in total. The minimum Gasteiger partial charge on any atom is -0.495 e. The highest BCUT2D eigenvalue weighted by Gasteiger charge is 2.50. The molecule has 2 N–H and O–H groups in total. The highest BCUT2D eigenvalue weighted by Crippen LogP contribution is 2.29. The van der Waals surface area contributed by atoms with Crippen LogP contribution in [0.2, 0.25) is 5.02 Å². The van der Waals surface area contributed by atoms with E-state index in [0.717, 1.165) is 4.90 Å². The van der Waals surface area contributed by atoms with Gasteiger partial charge < -0.3 is 15.4 Å². The summed E-state index contributed by atoms with van der Waals surface area (Å²) in [5, 5.41) is 6.08. The minimum absolute atomic E-state index is 0.184. The lowest BCUT2D eigenvalue weighted by molar-refractivity contribution is -0.132. The van der Waals surface area contributed by atoms with Gasteiger partial charge >= 0.3 is 6.03 Å². The highest BCUT2D eigenvalue weighted by molar-refractivity contribution is 6.31. The predicted molar refractivity (Wildman–Crippen MR) is 96.3 cm³/mol. The number of nitrogens with one attached hydrogen (secondary N) is 2. The number of imide groups is 1. The molecule has 0 atom stereocenters. The molecule has 1 spiro atoms. The first-order chi connectivity index (χ1) is 12.3. The number of hydrogen-bond acceptors (Lipinski definition) is 5. The summed E-state index contributed by atoms with van der Waals surface area (Å²) in [6.45, 7) is 1.27. The van der Waals surface area contributed by atoms with Crippen molar-refractivity contribution in [1.82, 2.24) is 15.1 Å². The molecule has 0 bridgehead atoms. The van der Waals surface area contributed by atoms with Gasteiger partial charge in [-0.05, 0) is 31.0 Å². The average molecular weight is 381 g/mol. The molecular weight excluding hydrogens is 360 g/mol. The van der Waals surface area contributed by atoms with Crippen LogP contribution in [-0.2, 0) is 9.59 Å². The van der Waals surface area contributed by atoms with Crippen LogP contribution in [0.1, 0.15) is 12.8 Å². The molecule has 4 amide bonds. The molecule has 1 aromatic rings. The first-order valence-corrected chi connectivity index (χ1v) is 8.68. The van der Waals surface area contributed by atoms with Crippen LogP contribution in [0.25, 0.3) is 0 Å². The number of amides is 4. The summed E-state index contributed by atoms with van der Waals surface area (Å²) in [6, 6.07) is 4.64. The number of methoxy groups -OCH3 is 1. The predicted octanol–water partition coefficient (Wildman–Crippen LogP) is 1.30. The van der Waals surface area contributed by atoms with Crippen LogP contribution in [0.5, 0.6) is 5.75 Å². The van der Waals surface area contributed by atoms with Crippen LogP contribution < -0.4 is 15.4 Å². The molecule has 2 aliphatic heterocycles. The molecular formula is C17H21ClN4O4. The second-order valence-corrected chi connectivity index (χ2v) is 6.98. The Morgan fingerprint density at radius 1 is 1.35 bits per heavy atom. The maximum atomic E-state index is 12.3. The van der Waals surface area contributed by atoms with E-state index in [0.29, 0.717) is 42.4 Å². The van der Waals surface area contributed by atoms with Crippen LogP contribution in [0.3, 0.4) is 0 Å². The maximum Gasteiger partial charge on any atom is 0.324 e. The van der Waals surface area contributed by atoms with E-state index in [-0.39, 0.29) is 24.4 Å². The zero-order chi connectivity index (χ0) is 18.9. The van der Waals surface area contributed by atoms with E-state index >= 15 is 0 Å². The van der Waals surface area contributed by atoms with E-state index < -0.39 is 5.54 Å². The summed E-state index contributed by atoms with van der Waals surface area (Å²) < 4.78 is 5.22. The lowest BCUT2D eigenvalue weighted by Crippen LogP contribution is -2.55. The van der Waals surface area contributed by atoms with Crippen molar-refractivity contribution in [3.8, 4) is 5.75 Å². The first-order valence-electron chi connectivity index (χ1n) is 8.31. The van der Waals surface area contributed by atoms with Crippen molar-refractivity contribution >= 4 is 35.1 Å². The van der Waals surface area contributed by atoms with Crippen LogP contribution in [0, 0.1) is 0 Å². The zero-order valence-corrected chi connectivity index (χ0v) is 15.4. The summed E-state index contributed by atoms with van der Waals surface area (Å²) in [6.07, 6.45) is 0.964. The Balaban J connectivity index is 1.57. The van der Waals surface area contributed by atoms with Crippen molar-refractivity contribution in [2.45, 2.75) is 18.4 Å². The summed E-state index contributed by atoms with van der Waals surface area (Å²) in [7, 11) is 3.00. The summed E-state index contributed by atoms with van der Waals surface area (Å²) in [5.41, 5.74) is -0.312. The summed E-state index contributed by atoms with van der Waals surface area (Å²) >= 11 is 5.97. The maximum absolute atomic E-state index is 12.3. The molecule has 0 radical (unpaired) electrons. The minimum atomic E-state index is -0.824. The largest absolute Gasteiger partial charge is 0.495 e. The zero-order valence-electron chi connectivity index (χ0n) is 14.7. The van der Waals surface area contributed by atoms with E-state index in [1.807, 2.05) is 4.90 Å². The number of likely N-dealkylation sites (N-methyl/N-ethyl adjacent to an activating group) is 1. The third kappa shape index (κ3) is 3.47. The van der Waals surface area contributed by atoms with Gasteiger partial charge in [0, 0.05) is 25.2 Å². The number of hydrogen-bond donors (Lipinski definition) is 2. The molecule has 9 heteroatoms. The fourth-order valence-electron chi connectivity index (χ4n) is 3.36. The lowest BCUT2D eigenvalue weighted by Gasteiger charge is -2.36. The number of piperidine rings is 1. The van der Waals surface area contributed by atoms with Crippen molar-refractivity contribution in [1.29, 1.82) is 0 Å². The molecule has 3 rings (SSSR count). The number of benzene rings is 1. The van der Waals surface area contributed by atoms with E-state index in [4.69, 9.17) is 16.3 Å². The summed E-state index contributed by atoms with van der Waals surface area (Å²) in [4.78, 5) is 39.4. The number of carbonyl (C=O) groups is 3. The van der Waals surface area contributed by atoms with Gasteiger partial charge in [-0.1, -0.05) is 11.6 Å². The number of halogens is 1. The van der Waals surface area contributed by atoms with Crippen LogP contribution in [-0.4, -0.2) is 67.0 Å². The molecule has 0 aliphatic carbocycles. The highest BCUT2D eigenvalue weighted by atomic mass is 35.5. The molecule has 0 saturated carbocycles. The van der Waals surface area contributed by atoms with Gasteiger partial charge in [0.05, 0.1) is 19.3 Å². The molecule has 2 fully saturated rings. The smallest absolute Gasteiger partial charge is 0.324 e. The number of carbonyl (C=O) groups excluding carboxylic acids is 3. The van der Waals surface area contributed by atoms with Crippen LogP contribution in [0.15, 0.2) is 18.2 Å². The van der Waals surface area contributed by atoms with E-state index in [9.17, 15) is 14.4 Å². The Morgan fingerprint density at radius 2 is 2.04 bits per heavy atom. The Kier molecular flexibility index (Phi) is 5.06. The SMILES string of the molecule is COc1ccc(Cl)cc1NC(=O)CN1CCC2(CC1)NC(=O)N(C)C2=O. The van der Waals surface area contributed by atoms with E-state index in [2.05, 4.69) is 10.6 Å². The van der Waals surface area contributed by atoms with Gasteiger partial charge in [-0.15, -0.1) is 0 Å². The van der Waals surface area contributed by atoms with Crippen molar-refractivity contribution in [2.75, 3.05) is 39.1 Å². The second-order valence-electron chi connectivity index (χ2n) is 6.55. The fraction of sp³-hybridized carbons (Fsp3) is 0.471. The molecule has 0 unspecified atom stereocenters. The fourth-order valence-corrected chi connectivity index (χ4v) is 3.53. The van der Waals surface area contributed by atoms with Gasteiger partial charge in [-0.25, -0.2) is 4.79 Å². The Labute approximate surface area is 156 Å². The quantitative estimate of drug-likeness (QED) is 0.768. The molecule has 2 heterocycles. The molecule has 1 aromatic carbocycles. The molecule has 2 aliphatic rings. The first kappa shape index (κ1) is 18.5. The Hall–Kier alpha value is -2.32. The second kappa shape index (κ2) is 7.13. The lowest BCUT2D eigenvalue weighted by atomic mass is 9.87. The number of anilines is 1. The van der Waals surface area contributed by atoms with Gasteiger partial charge in [0.1, 0.15) is 11.3 Å². The molecule has 26 heavy (non-hydrogen) atoms.